The molecule has 0 aromatic heterocycles. The molecule has 2 nitrogen and oxygen atoms in total. The first kappa shape index (κ1) is 11.8. The fraction of sp³-hybridized carbons (Fsp3) is 0.385. The van der Waals surface area contributed by atoms with E-state index in [9.17, 15) is 0 Å². The molecular weight excluding hydrogens is 188 g/mol. The molecule has 0 aliphatic heterocycles. The van der Waals surface area contributed by atoms with Crippen molar-refractivity contribution in [2.24, 2.45) is 0 Å². The maximum atomic E-state index is 8.89. The molecule has 0 atom stereocenters. The minimum Gasteiger partial charge on any atom is -0.489 e. The first-order valence-corrected chi connectivity index (χ1v) is 5.19. The number of aliphatic hydroxyl groups is 1. The van der Waals surface area contributed by atoms with Crippen LogP contribution in [0.2, 0.25) is 0 Å². The van der Waals surface area contributed by atoms with E-state index >= 15 is 0 Å². The highest BCUT2D eigenvalue weighted by atomic mass is 16.5. The van der Waals surface area contributed by atoms with Gasteiger partial charge < -0.3 is 9.84 Å². The second-order valence-corrected chi connectivity index (χ2v) is 3.67. The molecule has 15 heavy (non-hydrogen) atoms. The summed E-state index contributed by atoms with van der Waals surface area (Å²) < 4.78 is 5.61. The van der Waals surface area contributed by atoms with E-state index in [-0.39, 0.29) is 6.61 Å². The molecule has 0 unspecified atom stereocenters. The number of para-hydroxylation sites is 1. The highest BCUT2D eigenvalue weighted by Gasteiger charge is 2.00. The molecule has 1 rings (SSSR count). The number of ether oxygens (including phenoxy) is 1. The van der Waals surface area contributed by atoms with Gasteiger partial charge in [-0.25, -0.2) is 0 Å². The number of hydrogen-bond donors (Lipinski definition) is 1. The summed E-state index contributed by atoms with van der Waals surface area (Å²) in [4.78, 5) is 0. The van der Waals surface area contributed by atoms with Crippen molar-refractivity contribution in [3.05, 3.63) is 41.5 Å². The molecule has 0 saturated heterocycles. The smallest absolute Gasteiger partial charge is 0.123 e. The van der Waals surface area contributed by atoms with Crippen molar-refractivity contribution in [2.45, 2.75) is 20.3 Å². The van der Waals surface area contributed by atoms with Gasteiger partial charge in [-0.15, -0.1) is 0 Å². The normalized spacial score (nSPS) is 9.80. The van der Waals surface area contributed by atoms with Crippen molar-refractivity contribution in [1.82, 2.24) is 0 Å². The Labute approximate surface area is 91.2 Å². The van der Waals surface area contributed by atoms with Crippen LogP contribution in [-0.2, 0) is 6.42 Å². The summed E-state index contributed by atoms with van der Waals surface area (Å²) in [5, 5.41) is 8.89. The average molecular weight is 206 g/mol. The lowest BCUT2D eigenvalue weighted by Crippen LogP contribution is -1.99. The summed E-state index contributed by atoms with van der Waals surface area (Å²) in [6, 6.07) is 7.81. The van der Waals surface area contributed by atoms with E-state index < -0.39 is 0 Å². The monoisotopic (exact) mass is 206 g/mol. The van der Waals surface area contributed by atoms with Gasteiger partial charge in [-0.1, -0.05) is 23.8 Å². The van der Waals surface area contributed by atoms with Crippen LogP contribution in [0.25, 0.3) is 0 Å². The summed E-state index contributed by atoms with van der Waals surface area (Å²) in [6.07, 6.45) is 2.68. The van der Waals surface area contributed by atoms with Gasteiger partial charge in [0.25, 0.3) is 0 Å². The highest BCUT2D eigenvalue weighted by molar-refractivity contribution is 5.33. The van der Waals surface area contributed by atoms with Gasteiger partial charge in [0.1, 0.15) is 12.4 Å². The van der Waals surface area contributed by atoms with E-state index in [1.165, 1.54) is 5.57 Å². The van der Waals surface area contributed by atoms with Crippen molar-refractivity contribution in [2.75, 3.05) is 13.2 Å². The zero-order valence-electron chi connectivity index (χ0n) is 9.36. The SMILES string of the molecule is CC(C)=CCOc1ccccc1CCO. The molecule has 1 aromatic carbocycles. The molecule has 1 aromatic rings. The summed E-state index contributed by atoms with van der Waals surface area (Å²) in [6.45, 7) is 4.83. The summed E-state index contributed by atoms with van der Waals surface area (Å²) in [7, 11) is 0. The molecule has 82 valence electrons. The Morgan fingerprint density at radius 1 is 1.33 bits per heavy atom. The maximum Gasteiger partial charge on any atom is 0.123 e. The fourth-order valence-corrected chi connectivity index (χ4v) is 1.27. The second kappa shape index (κ2) is 6.25. The minimum absolute atomic E-state index is 0.156. The molecule has 0 fully saturated rings. The Bertz CT molecular complexity index is 325. The average Bonchev–Trinajstić information content (AvgIpc) is 2.20. The Hall–Kier alpha value is -1.28. The van der Waals surface area contributed by atoms with E-state index in [4.69, 9.17) is 9.84 Å². The van der Waals surface area contributed by atoms with Crippen molar-refractivity contribution in [3.63, 3.8) is 0 Å². The Balaban J connectivity index is 2.63. The molecule has 0 spiro atoms. The van der Waals surface area contributed by atoms with Crippen LogP contribution in [0.4, 0.5) is 0 Å². The predicted octanol–water partition coefficient (Wildman–Crippen LogP) is 2.57. The van der Waals surface area contributed by atoms with Crippen molar-refractivity contribution < 1.29 is 9.84 Å². The third-order valence-corrected chi connectivity index (χ3v) is 2.08. The van der Waals surface area contributed by atoms with Crippen LogP contribution in [0, 0.1) is 0 Å². The largest absolute Gasteiger partial charge is 0.489 e. The van der Waals surface area contributed by atoms with Crippen LogP contribution in [0.1, 0.15) is 19.4 Å². The first-order valence-electron chi connectivity index (χ1n) is 5.19. The van der Waals surface area contributed by atoms with Crippen LogP contribution >= 0.6 is 0 Å². The number of aliphatic hydroxyl groups excluding tert-OH is 1. The van der Waals surface area contributed by atoms with Gasteiger partial charge in [0.2, 0.25) is 0 Å². The molecule has 0 radical (unpaired) electrons. The van der Waals surface area contributed by atoms with Crippen LogP contribution in [0.15, 0.2) is 35.9 Å². The standard InChI is InChI=1S/C13H18O2/c1-11(2)8-10-15-13-6-4-3-5-12(13)7-9-14/h3-6,8,14H,7,9-10H2,1-2H3. The van der Waals surface area contributed by atoms with Crippen LogP contribution in [-0.4, -0.2) is 18.3 Å². The zero-order chi connectivity index (χ0) is 11.1. The topological polar surface area (TPSA) is 29.5 Å². The van der Waals surface area contributed by atoms with E-state index in [1.54, 1.807) is 0 Å². The lowest BCUT2D eigenvalue weighted by molar-refractivity contribution is 0.294. The fourth-order valence-electron chi connectivity index (χ4n) is 1.27. The third kappa shape index (κ3) is 4.17. The highest BCUT2D eigenvalue weighted by Crippen LogP contribution is 2.18. The van der Waals surface area contributed by atoms with Crippen molar-refractivity contribution >= 4 is 0 Å². The Morgan fingerprint density at radius 2 is 2.07 bits per heavy atom. The lowest BCUT2D eigenvalue weighted by Gasteiger charge is -2.08. The van der Waals surface area contributed by atoms with Gasteiger partial charge in [-0.05, 0) is 38.0 Å². The molecule has 0 aliphatic carbocycles. The molecule has 0 heterocycles. The predicted molar refractivity (Wildman–Crippen MR) is 62.2 cm³/mol. The number of allylic oxidation sites excluding steroid dienone is 1. The van der Waals surface area contributed by atoms with Crippen LogP contribution < -0.4 is 4.74 Å². The van der Waals surface area contributed by atoms with E-state index in [0.717, 1.165) is 11.3 Å². The van der Waals surface area contributed by atoms with Gasteiger partial charge in [0.15, 0.2) is 0 Å². The Kier molecular flexibility index (Phi) is 4.91. The molecule has 0 saturated carbocycles. The van der Waals surface area contributed by atoms with Crippen LogP contribution in [0.5, 0.6) is 5.75 Å². The summed E-state index contributed by atoms with van der Waals surface area (Å²) in [5.74, 6) is 0.865. The molecular formula is C13H18O2. The van der Waals surface area contributed by atoms with Gasteiger partial charge in [0, 0.05) is 6.61 Å². The quantitative estimate of drug-likeness (QED) is 0.750. The van der Waals surface area contributed by atoms with Crippen molar-refractivity contribution in [3.8, 4) is 5.75 Å². The molecule has 1 N–H and O–H groups in total. The lowest BCUT2D eigenvalue weighted by atomic mass is 10.1. The molecule has 0 amide bonds. The van der Waals surface area contributed by atoms with Gasteiger partial charge in [-0.3, -0.25) is 0 Å². The van der Waals surface area contributed by atoms with Gasteiger partial charge in [-0.2, -0.15) is 0 Å². The molecule has 0 aliphatic rings. The van der Waals surface area contributed by atoms with E-state index in [2.05, 4.69) is 0 Å². The van der Waals surface area contributed by atoms with E-state index in [0.29, 0.717) is 13.0 Å². The summed E-state index contributed by atoms with van der Waals surface area (Å²) >= 11 is 0. The first-order chi connectivity index (χ1) is 7.24. The minimum atomic E-state index is 0.156. The second-order valence-electron chi connectivity index (χ2n) is 3.67. The van der Waals surface area contributed by atoms with Gasteiger partial charge >= 0.3 is 0 Å². The Morgan fingerprint density at radius 3 is 2.73 bits per heavy atom. The molecule has 2 heteroatoms. The molecule has 0 bridgehead atoms. The van der Waals surface area contributed by atoms with Gasteiger partial charge in [0.05, 0.1) is 0 Å². The van der Waals surface area contributed by atoms with Crippen LogP contribution in [0.3, 0.4) is 0 Å². The third-order valence-electron chi connectivity index (χ3n) is 2.08. The summed E-state index contributed by atoms with van der Waals surface area (Å²) in [5.41, 5.74) is 2.30. The zero-order valence-corrected chi connectivity index (χ0v) is 9.36. The van der Waals surface area contributed by atoms with E-state index in [1.807, 2.05) is 44.2 Å². The number of hydrogen-bond acceptors (Lipinski definition) is 2. The maximum absolute atomic E-state index is 8.89. The number of benzene rings is 1. The number of rotatable bonds is 5. The van der Waals surface area contributed by atoms with Crippen molar-refractivity contribution in [1.29, 1.82) is 0 Å².